The molecule has 2 aromatic rings. The van der Waals surface area contributed by atoms with E-state index in [2.05, 4.69) is 15.6 Å². The minimum Gasteiger partial charge on any atom is -0.481 e. The van der Waals surface area contributed by atoms with Crippen LogP contribution in [0, 0.1) is 0 Å². The quantitative estimate of drug-likeness (QED) is 0.594. The maximum Gasteiger partial charge on any atom is 0.317 e. The molecule has 7 heteroatoms. The maximum atomic E-state index is 12.6. The van der Waals surface area contributed by atoms with Gasteiger partial charge in [0.05, 0.1) is 6.42 Å². The van der Waals surface area contributed by atoms with E-state index in [1.165, 1.54) is 0 Å². The largest absolute Gasteiger partial charge is 0.481 e. The second kappa shape index (κ2) is 10.5. The number of benzene rings is 1. The van der Waals surface area contributed by atoms with Crippen molar-refractivity contribution in [2.24, 2.45) is 0 Å². The highest BCUT2D eigenvalue weighted by molar-refractivity contribution is 5.74. The summed E-state index contributed by atoms with van der Waals surface area (Å²) in [7, 11) is 0. The third kappa shape index (κ3) is 6.20. The summed E-state index contributed by atoms with van der Waals surface area (Å²) in [6.07, 6.45) is 4.31. The van der Waals surface area contributed by atoms with Crippen LogP contribution in [0.4, 0.5) is 10.6 Å². The summed E-state index contributed by atoms with van der Waals surface area (Å²) < 4.78 is 0. The summed E-state index contributed by atoms with van der Waals surface area (Å²) in [5.41, 5.74) is 2.08. The predicted molar refractivity (Wildman–Crippen MR) is 112 cm³/mol. The second-order valence-electron chi connectivity index (χ2n) is 7.28. The number of aromatic nitrogens is 1. The van der Waals surface area contributed by atoms with Crippen LogP contribution in [0.3, 0.4) is 0 Å². The number of urea groups is 1. The Morgan fingerprint density at radius 3 is 2.69 bits per heavy atom. The van der Waals surface area contributed by atoms with Crippen molar-refractivity contribution in [2.45, 2.75) is 38.1 Å². The summed E-state index contributed by atoms with van der Waals surface area (Å²) in [6, 6.07) is 13.5. The topological polar surface area (TPSA) is 94.6 Å². The number of amides is 2. The van der Waals surface area contributed by atoms with Gasteiger partial charge in [0, 0.05) is 32.4 Å². The highest BCUT2D eigenvalue weighted by atomic mass is 16.4. The number of rotatable bonds is 8. The van der Waals surface area contributed by atoms with E-state index in [9.17, 15) is 14.7 Å². The van der Waals surface area contributed by atoms with Gasteiger partial charge < -0.3 is 20.6 Å². The van der Waals surface area contributed by atoms with Gasteiger partial charge in [-0.25, -0.2) is 9.78 Å². The number of anilines is 1. The molecule has 1 aromatic carbocycles. The van der Waals surface area contributed by atoms with Crippen LogP contribution in [0.1, 0.15) is 42.7 Å². The van der Waals surface area contributed by atoms with E-state index < -0.39 is 5.97 Å². The summed E-state index contributed by atoms with van der Waals surface area (Å²) in [6.45, 7) is 2.49. The molecule has 1 atom stereocenters. The molecule has 0 aliphatic carbocycles. The number of nitrogens with zero attached hydrogens (tertiary/aromatic N) is 2. The fourth-order valence-electron chi connectivity index (χ4n) is 3.67. The highest BCUT2D eigenvalue weighted by Crippen LogP contribution is 2.31. The molecule has 0 fully saturated rings. The van der Waals surface area contributed by atoms with Crippen molar-refractivity contribution in [3.8, 4) is 0 Å². The van der Waals surface area contributed by atoms with Crippen molar-refractivity contribution in [1.29, 1.82) is 0 Å². The molecule has 0 saturated heterocycles. The van der Waals surface area contributed by atoms with E-state index in [4.69, 9.17) is 0 Å². The number of fused-ring (bicyclic) bond motifs is 1. The number of unbranched alkanes of at least 4 members (excludes halogenated alkanes) is 1. The first-order valence-electron chi connectivity index (χ1n) is 10.1. The van der Waals surface area contributed by atoms with Crippen LogP contribution < -0.4 is 10.6 Å². The van der Waals surface area contributed by atoms with Crippen LogP contribution in [0.15, 0.2) is 48.7 Å². The van der Waals surface area contributed by atoms with Crippen LogP contribution in [0.5, 0.6) is 0 Å². The molecule has 0 bridgehead atoms. The molecular formula is C22H28N4O3. The molecule has 0 radical (unpaired) electrons. The lowest BCUT2D eigenvalue weighted by atomic mass is 9.90. The minimum absolute atomic E-state index is 0.0563. The molecule has 3 N–H and O–H groups in total. The smallest absolute Gasteiger partial charge is 0.317 e. The van der Waals surface area contributed by atoms with E-state index >= 15 is 0 Å². The Hall–Kier alpha value is -3.09. The van der Waals surface area contributed by atoms with Gasteiger partial charge in [-0.2, -0.15) is 0 Å². The molecule has 7 nitrogen and oxygen atoms in total. The zero-order valence-corrected chi connectivity index (χ0v) is 16.5. The van der Waals surface area contributed by atoms with Gasteiger partial charge >= 0.3 is 12.0 Å². The number of pyridine rings is 1. The first-order valence-corrected chi connectivity index (χ1v) is 10.1. The molecule has 1 aliphatic rings. The van der Waals surface area contributed by atoms with Crippen LogP contribution in [-0.2, 0) is 11.3 Å². The molecule has 1 aliphatic heterocycles. The average Bonchev–Trinajstić information content (AvgIpc) is 2.91. The number of hydrogen-bond acceptors (Lipinski definition) is 4. The molecule has 3 rings (SSSR count). The van der Waals surface area contributed by atoms with Gasteiger partial charge in [-0.15, -0.1) is 0 Å². The molecule has 1 aromatic heterocycles. The van der Waals surface area contributed by atoms with Crippen LogP contribution in [0.25, 0.3) is 0 Å². The Kier molecular flexibility index (Phi) is 7.44. The number of nitrogens with one attached hydrogen (secondary N) is 2. The van der Waals surface area contributed by atoms with Crippen molar-refractivity contribution in [3.63, 3.8) is 0 Å². The summed E-state index contributed by atoms with van der Waals surface area (Å²) >= 11 is 0. The summed E-state index contributed by atoms with van der Waals surface area (Å²) in [5.74, 6) is -0.00290. The number of aliphatic carboxylic acids is 1. The molecule has 0 spiro atoms. The Morgan fingerprint density at radius 2 is 1.90 bits per heavy atom. The Bertz CT molecular complexity index is 813. The number of carboxylic acids is 1. The maximum absolute atomic E-state index is 12.6. The predicted octanol–water partition coefficient (Wildman–Crippen LogP) is 3.45. The average molecular weight is 396 g/mol. The summed E-state index contributed by atoms with van der Waals surface area (Å²) in [4.78, 5) is 29.8. The fraction of sp³-hybridized carbons (Fsp3) is 0.409. The Labute approximate surface area is 171 Å². The molecule has 1 unspecified atom stereocenters. The Morgan fingerprint density at radius 1 is 1.10 bits per heavy atom. The van der Waals surface area contributed by atoms with Crippen LogP contribution in [-0.4, -0.2) is 46.6 Å². The number of carboxylic acid groups (broad SMARTS) is 1. The van der Waals surface area contributed by atoms with Gasteiger partial charge in [-0.3, -0.25) is 4.79 Å². The zero-order chi connectivity index (χ0) is 20.5. The van der Waals surface area contributed by atoms with Crippen molar-refractivity contribution in [3.05, 3.63) is 59.8 Å². The lowest BCUT2D eigenvalue weighted by Crippen LogP contribution is -2.40. The van der Waals surface area contributed by atoms with Gasteiger partial charge in [0.25, 0.3) is 0 Å². The first-order chi connectivity index (χ1) is 14.1. The highest BCUT2D eigenvalue weighted by Gasteiger charge is 2.26. The number of carbonyl (C=O) groups excluding carboxylic acids is 1. The SMILES string of the molecule is O=C(O)CC1CCN(C(=O)NCCCCNc2ccccn2)Cc2ccccc21. The monoisotopic (exact) mass is 396 g/mol. The van der Waals surface area contributed by atoms with Gasteiger partial charge in [0.1, 0.15) is 5.82 Å². The molecule has 2 heterocycles. The minimum atomic E-state index is -0.804. The fourth-order valence-corrected chi connectivity index (χ4v) is 3.67. The van der Waals surface area contributed by atoms with Crippen molar-refractivity contribution < 1.29 is 14.7 Å². The van der Waals surface area contributed by atoms with E-state index in [1.54, 1.807) is 11.1 Å². The number of carbonyl (C=O) groups is 2. The normalized spacial score (nSPS) is 15.9. The molecule has 29 heavy (non-hydrogen) atoms. The van der Waals surface area contributed by atoms with Gasteiger partial charge in [-0.05, 0) is 48.4 Å². The summed E-state index contributed by atoms with van der Waals surface area (Å²) in [5, 5.41) is 15.5. The lowest BCUT2D eigenvalue weighted by Gasteiger charge is -2.21. The molecule has 0 saturated carbocycles. The third-order valence-corrected chi connectivity index (χ3v) is 5.16. The first kappa shape index (κ1) is 20.6. The van der Waals surface area contributed by atoms with Gasteiger partial charge in [0.15, 0.2) is 0 Å². The van der Waals surface area contributed by atoms with E-state index in [0.717, 1.165) is 36.3 Å². The second-order valence-corrected chi connectivity index (χ2v) is 7.28. The van der Waals surface area contributed by atoms with Crippen molar-refractivity contribution >= 4 is 17.8 Å². The molecular weight excluding hydrogens is 368 g/mol. The lowest BCUT2D eigenvalue weighted by molar-refractivity contribution is -0.137. The van der Waals surface area contributed by atoms with Gasteiger partial charge in [-0.1, -0.05) is 30.3 Å². The number of hydrogen-bond donors (Lipinski definition) is 3. The van der Waals surface area contributed by atoms with E-state index in [1.807, 2.05) is 42.5 Å². The third-order valence-electron chi connectivity index (χ3n) is 5.16. The zero-order valence-electron chi connectivity index (χ0n) is 16.5. The van der Waals surface area contributed by atoms with E-state index in [0.29, 0.717) is 26.1 Å². The Balaban J connectivity index is 1.44. The van der Waals surface area contributed by atoms with Crippen LogP contribution >= 0.6 is 0 Å². The van der Waals surface area contributed by atoms with Crippen molar-refractivity contribution in [1.82, 2.24) is 15.2 Å². The van der Waals surface area contributed by atoms with E-state index in [-0.39, 0.29) is 18.4 Å². The van der Waals surface area contributed by atoms with Gasteiger partial charge in [0.2, 0.25) is 0 Å². The van der Waals surface area contributed by atoms with Crippen LogP contribution in [0.2, 0.25) is 0 Å². The molecule has 154 valence electrons. The van der Waals surface area contributed by atoms with Crippen molar-refractivity contribution in [2.75, 3.05) is 25.0 Å². The standard InChI is InChI=1S/C22H28N4O3/c27-21(28)15-17-10-14-26(16-18-7-1-2-8-19(17)18)22(29)25-13-6-5-12-24-20-9-3-4-11-23-20/h1-4,7-9,11,17H,5-6,10,12-16H2,(H,23,24)(H,25,29)(H,27,28). The molecule has 2 amide bonds.